The Morgan fingerprint density at radius 1 is 1.03 bits per heavy atom. The van der Waals surface area contributed by atoms with Crippen LogP contribution in [0.15, 0.2) is 53.4 Å². The maximum atomic E-state index is 13.0. The molecule has 2 N–H and O–H groups in total. The van der Waals surface area contributed by atoms with Crippen LogP contribution in [0.25, 0.3) is 0 Å². The fraction of sp³-hybridized carbons (Fsp3) is 0.333. The molecule has 9 heteroatoms. The third-order valence-corrected chi connectivity index (χ3v) is 6.73. The predicted molar refractivity (Wildman–Crippen MR) is 111 cm³/mol. The Hall–Kier alpha value is -2.75. The monoisotopic (exact) mass is 431 g/mol. The second kappa shape index (κ2) is 9.84. The van der Waals surface area contributed by atoms with E-state index < -0.39 is 15.9 Å². The standard InChI is InChI=1S/C21H25N3O5S/c1-16-5-4-7-17(13-16)21(26)23-15-20(25)22-14-18-6-2-3-8-19(18)30(27,28)24-9-11-29-12-10-24/h2-8,13H,9-12,14-15H2,1H3,(H,22,25)(H,23,26). The SMILES string of the molecule is Cc1cccc(C(=O)NCC(=O)NCc2ccccc2S(=O)(=O)N2CCOCC2)c1. The second-order valence-electron chi connectivity index (χ2n) is 6.95. The van der Waals surface area contributed by atoms with Crippen LogP contribution in [0.2, 0.25) is 0 Å². The molecule has 1 fully saturated rings. The molecule has 160 valence electrons. The van der Waals surface area contributed by atoms with Crippen molar-refractivity contribution in [2.45, 2.75) is 18.4 Å². The van der Waals surface area contributed by atoms with Crippen LogP contribution in [-0.4, -0.2) is 57.4 Å². The fourth-order valence-electron chi connectivity index (χ4n) is 3.13. The van der Waals surface area contributed by atoms with Crippen molar-refractivity contribution in [3.8, 4) is 0 Å². The number of sulfonamides is 1. The van der Waals surface area contributed by atoms with E-state index in [0.717, 1.165) is 5.56 Å². The maximum Gasteiger partial charge on any atom is 0.251 e. The molecule has 0 saturated carbocycles. The smallest absolute Gasteiger partial charge is 0.251 e. The summed E-state index contributed by atoms with van der Waals surface area (Å²) >= 11 is 0. The van der Waals surface area contributed by atoms with Gasteiger partial charge in [-0.25, -0.2) is 8.42 Å². The van der Waals surface area contributed by atoms with Gasteiger partial charge >= 0.3 is 0 Å². The Kier molecular flexibility index (Phi) is 7.20. The van der Waals surface area contributed by atoms with Crippen molar-refractivity contribution in [2.75, 3.05) is 32.8 Å². The average molecular weight is 432 g/mol. The minimum Gasteiger partial charge on any atom is -0.379 e. The van der Waals surface area contributed by atoms with Crippen molar-refractivity contribution >= 4 is 21.8 Å². The minimum absolute atomic E-state index is 0.0406. The van der Waals surface area contributed by atoms with Crippen LogP contribution in [0.5, 0.6) is 0 Å². The molecule has 1 aliphatic rings. The van der Waals surface area contributed by atoms with E-state index in [1.54, 1.807) is 36.4 Å². The molecule has 0 bridgehead atoms. The number of hydrogen-bond donors (Lipinski definition) is 2. The van der Waals surface area contributed by atoms with Crippen LogP contribution < -0.4 is 10.6 Å². The molecule has 0 unspecified atom stereocenters. The van der Waals surface area contributed by atoms with E-state index in [-0.39, 0.29) is 23.9 Å². The summed E-state index contributed by atoms with van der Waals surface area (Å²) in [6, 6.07) is 13.6. The Morgan fingerprint density at radius 2 is 1.77 bits per heavy atom. The van der Waals surface area contributed by atoms with Crippen molar-refractivity contribution in [2.24, 2.45) is 0 Å². The number of hydrogen-bond acceptors (Lipinski definition) is 5. The van der Waals surface area contributed by atoms with E-state index in [9.17, 15) is 18.0 Å². The lowest BCUT2D eigenvalue weighted by molar-refractivity contribution is -0.120. The summed E-state index contributed by atoms with van der Waals surface area (Å²) in [7, 11) is -3.67. The first kappa shape index (κ1) is 21.9. The van der Waals surface area contributed by atoms with Crippen molar-refractivity contribution < 1.29 is 22.7 Å². The number of nitrogens with one attached hydrogen (secondary N) is 2. The molecule has 2 aromatic rings. The van der Waals surface area contributed by atoms with Gasteiger partial charge in [0.25, 0.3) is 5.91 Å². The van der Waals surface area contributed by atoms with Gasteiger partial charge in [-0.1, -0.05) is 35.9 Å². The first-order valence-corrected chi connectivity index (χ1v) is 11.1. The summed E-state index contributed by atoms with van der Waals surface area (Å²) in [4.78, 5) is 24.5. The van der Waals surface area contributed by atoms with Gasteiger partial charge in [-0.15, -0.1) is 0 Å². The molecular weight excluding hydrogens is 406 g/mol. The van der Waals surface area contributed by atoms with Gasteiger partial charge in [-0.05, 0) is 30.7 Å². The van der Waals surface area contributed by atoms with Crippen LogP contribution >= 0.6 is 0 Å². The quantitative estimate of drug-likeness (QED) is 0.682. The van der Waals surface area contributed by atoms with Gasteiger partial charge in [0.2, 0.25) is 15.9 Å². The molecule has 1 heterocycles. The largest absolute Gasteiger partial charge is 0.379 e. The lowest BCUT2D eigenvalue weighted by Gasteiger charge is -2.27. The molecule has 2 amide bonds. The maximum absolute atomic E-state index is 13.0. The van der Waals surface area contributed by atoms with Crippen molar-refractivity contribution in [3.05, 3.63) is 65.2 Å². The Morgan fingerprint density at radius 3 is 2.50 bits per heavy atom. The molecule has 3 rings (SSSR count). The number of morpholine rings is 1. The number of nitrogens with zero attached hydrogens (tertiary/aromatic N) is 1. The van der Waals surface area contributed by atoms with Crippen molar-refractivity contribution in [3.63, 3.8) is 0 Å². The lowest BCUT2D eigenvalue weighted by Crippen LogP contribution is -2.41. The van der Waals surface area contributed by atoms with Crippen LogP contribution in [0, 0.1) is 6.92 Å². The van der Waals surface area contributed by atoms with E-state index in [2.05, 4.69) is 10.6 Å². The first-order chi connectivity index (χ1) is 14.4. The summed E-state index contributed by atoms with van der Waals surface area (Å²) in [6.45, 7) is 3.04. The zero-order valence-corrected chi connectivity index (χ0v) is 17.6. The van der Waals surface area contributed by atoms with E-state index in [1.807, 2.05) is 13.0 Å². The molecule has 0 aliphatic carbocycles. The number of ether oxygens (including phenoxy) is 1. The van der Waals surface area contributed by atoms with Gasteiger partial charge in [0.15, 0.2) is 0 Å². The normalized spacial score (nSPS) is 14.8. The van der Waals surface area contributed by atoms with E-state index in [1.165, 1.54) is 10.4 Å². The number of benzene rings is 2. The molecular formula is C21H25N3O5S. The third kappa shape index (κ3) is 5.44. The van der Waals surface area contributed by atoms with Crippen LogP contribution in [0.1, 0.15) is 21.5 Å². The number of aryl methyl sites for hydroxylation is 1. The summed E-state index contributed by atoms with van der Waals surface area (Å²) in [5.41, 5.74) is 1.91. The average Bonchev–Trinajstić information content (AvgIpc) is 2.76. The van der Waals surface area contributed by atoms with Gasteiger partial charge < -0.3 is 15.4 Å². The summed E-state index contributed by atoms with van der Waals surface area (Å²) in [6.07, 6.45) is 0. The Balaban J connectivity index is 1.59. The highest BCUT2D eigenvalue weighted by Gasteiger charge is 2.28. The zero-order valence-electron chi connectivity index (χ0n) is 16.8. The molecule has 0 spiro atoms. The summed E-state index contributed by atoms with van der Waals surface area (Å²) in [5, 5.41) is 5.24. The number of carbonyl (C=O) groups excluding carboxylic acids is 2. The Bertz CT molecular complexity index is 1020. The highest BCUT2D eigenvalue weighted by atomic mass is 32.2. The van der Waals surface area contributed by atoms with Gasteiger partial charge in [0.1, 0.15) is 0 Å². The van der Waals surface area contributed by atoms with Crippen LogP contribution in [-0.2, 0) is 26.1 Å². The van der Waals surface area contributed by atoms with Gasteiger partial charge in [-0.2, -0.15) is 4.31 Å². The van der Waals surface area contributed by atoms with E-state index in [0.29, 0.717) is 37.4 Å². The van der Waals surface area contributed by atoms with Crippen molar-refractivity contribution in [1.29, 1.82) is 0 Å². The molecule has 2 aromatic carbocycles. The molecule has 0 atom stereocenters. The fourth-order valence-corrected chi connectivity index (χ4v) is 4.76. The van der Waals surface area contributed by atoms with Crippen LogP contribution in [0.4, 0.5) is 0 Å². The van der Waals surface area contributed by atoms with Gasteiger partial charge in [0.05, 0.1) is 24.7 Å². The van der Waals surface area contributed by atoms with Gasteiger partial charge in [-0.3, -0.25) is 9.59 Å². The predicted octanol–water partition coefficient (Wildman–Crippen LogP) is 1.06. The molecule has 0 aromatic heterocycles. The van der Waals surface area contributed by atoms with E-state index >= 15 is 0 Å². The molecule has 0 radical (unpaired) electrons. The van der Waals surface area contributed by atoms with Crippen LogP contribution in [0.3, 0.4) is 0 Å². The highest BCUT2D eigenvalue weighted by Crippen LogP contribution is 2.21. The Labute approximate surface area is 176 Å². The first-order valence-electron chi connectivity index (χ1n) is 9.65. The number of amides is 2. The summed E-state index contributed by atoms with van der Waals surface area (Å²) in [5.74, 6) is -0.751. The summed E-state index contributed by atoms with van der Waals surface area (Å²) < 4.78 is 32.5. The van der Waals surface area contributed by atoms with Crippen molar-refractivity contribution in [1.82, 2.24) is 14.9 Å². The van der Waals surface area contributed by atoms with Gasteiger partial charge in [0, 0.05) is 25.2 Å². The van der Waals surface area contributed by atoms with E-state index in [4.69, 9.17) is 4.74 Å². The zero-order chi connectivity index (χ0) is 21.6. The highest BCUT2D eigenvalue weighted by molar-refractivity contribution is 7.89. The molecule has 1 aliphatic heterocycles. The molecule has 1 saturated heterocycles. The number of carbonyl (C=O) groups is 2. The minimum atomic E-state index is -3.67. The third-order valence-electron chi connectivity index (χ3n) is 4.73. The second-order valence-corrected chi connectivity index (χ2v) is 8.86. The molecule has 8 nitrogen and oxygen atoms in total. The topological polar surface area (TPSA) is 105 Å². The molecule has 30 heavy (non-hydrogen) atoms. The number of rotatable bonds is 7. The lowest BCUT2D eigenvalue weighted by atomic mass is 10.1.